The van der Waals surface area contributed by atoms with Crippen LogP contribution in [0.3, 0.4) is 0 Å². The third kappa shape index (κ3) is 2.19. The molecule has 1 N–H and O–H groups in total. The minimum Gasteiger partial charge on any atom is -0.497 e. The van der Waals surface area contributed by atoms with Gasteiger partial charge in [-0.05, 0) is 19.1 Å². The lowest BCUT2D eigenvalue weighted by atomic mass is 9.71. The molecule has 0 unspecified atom stereocenters. The maximum Gasteiger partial charge on any atom is 0.129 e. The summed E-state index contributed by atoms with van der Waals surface area (Å²) < 4.78 is 16.9. The van der Waals surface area contributed by atoms with Gasteiger partial charge >= 0.3 is 0 Å². The summed E-state index contributed by atoms with van der Waals surface area (Å²) in [5, 5.41) is 10.3. The van der Waals surface area contributed by atoms with Gasteiger partial charge in [0, 0.05) is 37.5 Å². The fourth-order valence-electron chi connectivity index (χ4n) is 3.12. The number of benzene rings is 1. The van der Waals surface area contributed by atoms with Crippen LogP contribution in [0.1, 0.15) is 37.9 Å². The number of fused-ring (bicyclic) bond motifs is 1. The van der Waals surface area contributed by atoms with E-state index < -0.39 is 6.10 Å². The summed E-state index contributed by atoms with van der Waals surface area (Å²) in [4.78, 5) is 0. The Morgan fingerprint density at radius 2 is 2.16 bits per heavy atom. The molecule has 4 nitrogen and oxygen atoms in total. The first kappa shape index (κ1) is 12.8. The smallest absolute Gasteiger partial charge is 0.129 e. The topological polar surface area (TPSA) is 47.9 Å². The minimum atomic E-state index is -0.461. The highest BCUT2D eigenvalue weighted by atomic mass is 16.5. The van der Waals surface area contributed by atoms with Crippen LogP contribution < -0.4 is 9.47 Å². The highest BCUT2D eigenvalue weighted by Crippen LogP contribution is 2.50. The molecule has 1 fully saturated rings. The molecule has 0 radical (unpaired) electrons. The third-order valence-corrected chi connectivity index (χ3v) is 4.07. The SMILES string of the molecule is CCOC1CC2(C1)C[C@H](O)c1ccc(OC)cc1O2. The van der Waals surface area contributed by atoms with E-state index in [0.717, 1.165) is 36.5 Å². The number of aliphatic hydroxyl groups excluding tert-OH is 1. The largest absolute Gasteiger partial charge is 0.497 e. The molecule has 3 rings (SSSR count). The van der Waals surface area contributed by atoms with E-state index >= 15 is 0 Å². The average molecular weight is 264 g/mol. The summed E-state index contributed by atoms with van der Waals surface area (Å²) in [6, 6.07) is 5.59. The molecule has 0 saturated heterocycles. The molecular weight excluding hydrogens is 244 g/mol. The molecule has 19 heavy (non-hydrogen) atoms. The van der Waals surface area contributed by atoms with Crippen LogP contribution in [-0.4, -0.2) is 30.5 Å². The first-order chi connectivity index (χ1) is 9.15. The molecule has 0 amide bonds. The summed E-state index contributed by atoms with van der Waals surface area (Å²) in [6.45, 7) is 2.73. The van der Waals surface area contributed by atoms with E-state index in [2.05, 4.69) is 0 Å². The van der Waals surface area contributed by atoms with Crippen LogP contribution in [-0.2, 0) is 4.74 Å². The van der Waals surface area contributed by atoms with Gasteiger partial charge in [-0.1, -0.05) is 0 Å². The van der Waals surface area contributed by atoms with Gasteiger partial charge in [-0.2, -0.15) is 0 Å². The van der Waals surface area contributed by atoms with E-state index in [4.69, 9.17) is 14.2 Å². The van der Waals surface area contributed by atoms with Gasteiger partial charge in [0.25, 0.3) is 0 Å². The lowest BCUT2D eigenvalue weighted by Crippen LogP contribution is -2.55. The number of methoxy groups -OCH3 is 1. The van der Waals surface area contributed by atoms with Crippen molar-refractivity contribution < 1.29 is 19.3 Å². The van der Waals surface area contributed by atoms with Gasteiger partial charge in [0.1, 0.15) is 17.1 Å². The van der Waals surface area contributed by atoms with Crippen LogP contribution in [0.2, 0.25) is 0 Å². The Balaban J connectivity index is 1.80. The maximum absolute atomic E-state index is 10.3. The van der Waals surface area contributed by atoms with Crippen molar-refractivity contribution in [2.45, 2.75) is 44.0 Å². The van der Waals surface area contributed by atoms with Crippen LogP contribution in [0.4, 0.5) is 0 Å². The van der Waals surface area contributed by atoms with Crippen LogP contribution in [0, 0.1) is 0 Å². The summed E-state index contributed by atoms with van der Waals surface area (Å²) in [5.74, 6) is 1.50. The molecule has 1 aromatic carbocycles. The zero-order valence-corrected chi connectivity index (χ0v) is 11.4. The number of aliphatic hydroxyl groups is 1. The van der Waals surface area contributed by atoms with E-state index in [1.807, 2.05) is 25.1 Å². The van der Waals surface area contributed by atoms with Crippen molar-refractivity contribution >= 4 is 0 Å². The zero-order chi connectivity index (χ0) is 13.5. The van der Waals surface area contributed by atoms with Crippen LogP contribution in [0.15, 0.2) is 18.2 Å². The minimum absolute atomic E-state index is 0.251. The summed E-state index contributed by atoms with van der Waals surface area (Å²) in [6.07, 6.45) is 2.17. The van der Waals surface area contributed by atoms with E-state index in [-0.39, 0.29) is 11.7 Å². The lowest BCUT2D eigenvalue weighted by molar-refractivity contribution is -0.147. The molecule has 1 atom stereocenters. The lowest BCUT2D eigenvalue weighted by Gasteiger charge is -2.50. The highest BCUT2D eigenvalue weighted by Gasteiger charge is 2.51. The van der Waals surface area contributed by atoms with Crippen molar-refractivity contribution in [1.82, 2.24) is 0 Å². The van der Waals surface area contributed by atoms with Crippen molar-refractivity contribution in [2.75, 3.05) is 13.7 Å². The molecular formula is C15H20O4. The quantitative estimate of drug-likeness (QED) is 0.911. The number of ether oxygens (including phenoxy) is 3. The van der Waals surface area contributed by atoms with Gasteiger partial charge in [0.15, 0.2) is 0 Å². The normalized spacial score (nSPS) is 32.4. The second-order valence-corrected chi connectivity index (χ2v) is 5.39. The van der Waals surface area contributed by atoms with E-state index in [9.17, 15) is 5.11 Å². The molecule has 1 aliphatic heterocycles. The van der Waals surface area contributed by atoms with Crippen molar-refractivity contribution in [3.8, 4) is 11.5 Å². The number of hydrogen-bond acceptors (Lipinski definition) is 4. The molecule has 1 aromatic rings. The average Bonchev–Trinajstić information content (AvgIpc) is 2.36. The van der Waals surface area contributed by atoms with Crippen molar-refractivity contribution in [2.24, 2.45) is 0 Å². The van der Waals surface area contributed by atoms with Gasteiger partial charge in [0.2, 0.25) is 0 Å². The number of rotatable bonds is 3. The van der Waals surface area contributed by atoms with Gasteiger partial charge in [-0.25, -0.2) is 0 Å². The molecule has 0 bridgehead atoms. The molecule has 1 heterocycles. The maximum atomic E-state index is 10.3. The Bertz CT molecular complexity index is 465. The van der Waals surface area contributed by atoms with E-state index in [0.29, 0.717) is 6.42 Å². The Hall–Kier alpha value is -1.26. The second-order valence-electron chi connectivity index (χ2n) is 5.39. The van der Waals surface area contributed by atoms with Crippen LogP contribution >= 0.6 is 0 Å². The van der Waals surface area contributed by atoms with Gasteiger partial charge in [0.05, 0.1) is 19.3 Å². The third-order valence-electron chi connectivity index (χ3n) is 4.07. The van der Waals surface area contributed by atoms with Crippen LogP contribution in [0.5, 0.6) is 11.5 Å². The summed E-state index contributed by atoms with van der Waals surface area (Å²) in [7, 11) is 1.63. The Kier molecular flexibility index (Phi) is 3.15. The monoisotopic (exact) mass is 264 g/mol. The van der Waals surface area contributed by atoms with Gasteiger partial charge < -0.3 is 19.3 Å². The predicted octanol–water partition coefficient (Wildman–Crippen LogP) is 2.45. The summed E-state index contributed by atoms with van der Waals surface area (Å²) in [5.41, 5.74) is 0.602. The van der Waals surface area contributed by atoms with Crippen molar-refractivity contribution in [1.29, 1.82) is 0 Å². The van der Waals surface area contributed by atoms with Crippen LogP contribution in [0.25, 0.3) is 0 Å². The van der Waals surface area contributed by atoms with E-state index in [1.165, 1.54) is 0 Å². The van der Waals surface area contributed by atoms with Crippen molar-refractivity contribution in [3.63, 3.8) is 0 Å². The molecule has 104 valence electrons. The zero-order valence-electron chi connectivity index (χ0n) is 11.4. The summed E-state index contributed by atoms with van der Waals surface area (Å²) >= 11 is 0. The Labute approximate surface area is 113 Å². The van der Waals surface area contributed by atoms with Crippen molar-refractivity contribution in [3.05, 3.63) is 23.8 Å². The molecule has 1 saturated carbocycles. The van der Waals surface area contributed by atoms with Gasteiger partial charge in [-0.3, -0.25) is 0 Å². The second kappa shape index (κ2) is 4.69. The molecule has 1 aliphatic carbocycles. The molecule has 1 spiro atoms. The number of hydrogen-bond donors (Lipinski definition) is 1. The molecule has 2 aliphatic rings. The Morgan fingerprint density at radius 3 is 2.84 bits per heavy atom. The highest BCUT2D eigenvalue weighted by molar-refractivity contribution is 5.44. The fraction of sp³-hybridized carbons (Fsp3) is 0.600. The Morgan fingerprint density at radius 1 is 1.37 bits per heavy atom. The van der Waals surface area contributed by atoms with Gasteiger partial charge in [-0.15, -0.1) is 0 Å². The first-order valence-corrected chi connectivity index (χ1v) is 6.82. The van der Waals surface area contributed by atoms with E-state index in [1.54, 1.807) is 7.11 Å². The molecule has 4 heteroatoms. The molecule has 0 aromatic heterocycles. The first-order valence-electron chi connectivity index (χ1n) is 6.82. The fourth-order valence-corrected chi connectivity index (χ4v) is 3.12. The standard InChI is InChI=1S/C15H20O4/c1-3-18-11-7-15(8-11)9-13(16)12-5-4-10(17-2)6-14(12)19-15/h4-6,11,13,16H,3,7-9H2,1-2H3/t11?,13-,15?/m0/s1. The predicted molar refractivity (Wildman–Crippen MR) is 70.6 cm³/mol.